The Morgan fingerprint density at radius 2 is 1.88 bits per heavy atom. The fourth-order valence-electron chi connectivity index (χ4n) is 3.57. The first-order valence-electron chi connectivity index (χ1n) is 10.7. The third kappa shape index (κ3) is 4.93. The van der Waals surface area contributed by atoms with Crippen LogP contribution in [0.5, 0.6) is 11.6 Å². The molecule has 4 aromatic rings. The zero-order valence-electron chi connectivity index (χ0n) is 18.1. The summed E-state index contributed by atoms with van der Waals surface area (Å²) in [5, 5.41) is 12.8. The minimum absolute atomic E-state index is 0.415. The number of nitrogens with zero attached hydrogens (tertiary/aromatic N) is 3. The Balaban J connectivity index is 1.53. The van der Waals surface area contributed by atoms with Crippen LogP contribution in [-0.4, -0.2) is 20.9 Å². The van der Waals surface area contributed by atoms with Gasteiger partial charge >= 0.3 is 0 Å². The predicted octanol–water partition coefficient (Wildman–Crippen LogP) is 6.66. The van der Waals surface area contributed by atoms with E-state index in [0.29, 0.717) is 34.8 Å². The number of hydrogen-bond donors (Lipinski definition) is 1. The number of nitrogens with one attached hydrogen (secondary N) is 1. The molecular formula is C26H21BrN4O2S. The summed E-state index contributed by atoms with van der Waals surface area (Å²) < 4.78 is 13.6. The standard InChI is InChI=1S/C26H21BrN4O2S/c1-2-14-34-26-29-25-23(30-31-26)19-10-6-7-11-21(19)28-24(33-25)20-15-18(27)12-13-22(20)32-16-17-8-4-3-5-9-17/h2-13,15,24,28H,1,14,16H2/t24-/m1/s1. The van der Waals surface area contributed by atoms with Crippen molar-refractivity contribution in [1.29, 1.82) is 0 Å². The van der Waals surface area contributed by atoms with E-state index in [4.69, 9.17) is 9.47 Å². The molecule has 1 N–H and O–H groups in total. The molecule has 34 heavy (non-hydrogen) atoms. The van der Waals surface area contributed by atoms with Crippen molar-refractivity contribution < 1.29 is 9.47 Å². The Labute approximate surface area is 210 Å². The normalized spacial score (nSPS) is 14.1. The molecule has 8 heteroatoms. The molecule has 0 amide bonds. The lowest BCUT2D eigenvalue weighted by Crippen LogP contribution is -2.18. The van der Waals surface area contributed by atoms with Gasteiger partial charge in [0, 0.05) is 21.5 Å². The van der Waals surface area contributed by atoms with Crippen molar-refractivity contribution in [3.8, 4) is 22.9 Å². The van der Waals surface area contributed by atoms with Crippen molar-refractivity contribution in [1.82, 2.24) is 15.2 Å². The van der Waals surface area contributed by atoms with Gasteiger partial charge in [-0.15, -0.1) is 16.8 Å². The van der Waals surface area contributed by atoms with Crippen LogP contribution in [-0.2, 0) is 6.61 Å². The van der Waals surface area contributed by atoms with Crippen molar-refractivity contribution in [2.45, 2.75) is 18.0 Å². The number of hydrogen-bond acceptors (Lipinski definition) is 7. The molecule has 6 nitrogen and oxygen atoms in total. The van der Waals surface area contributed by atoms with Crippen molar-refractivity contribution in [3.63, 3.8) is 0 Å². The average Bonchev–Trinajstić information content (AvgIpc) is 3.04. The van der Waals surface area contributed by atoms with Crippen LogP contribution in [0.1, 0.15) is 17.4 Å². The average molecular weight is 533 g/mol. The van der Waals surface area contributed by atoms with Crippen LogP contribution in [0.4, 0.5) is 5.69 Å². The molecule has 0 aliphatic carbocycles. The van der Waals surface area contributed by atoms with Crippen molar-refractivity contribution >= 4 is 33.4 Å². The highest BCUT2D eigenvalue weighted by molar-refractivity contribution is 9.10. The summed E-state index contributed by atoms with van der Waals surface area (Å²) in [4.78, 5) is 4.66. The highest BCUT2D eigenvalue weighted by atomic mass is 79.9. The molecule has 0 fully saturated rings. The van der Waals surface area contributed by atoms with E-state index in [-0.39, 0.29) is 0 Å². The molecule has 1 aromatic heterocycles. The highest BCUT2D eigenvalue weighted by Gasteiger charge is 2.28. The van der Waals surface area contributed by atoms with Crippen LogP contribution in [0.15, 0.2) is 95.1 Å². The zero-order valence-corrected chi connectivity index (χ0v) is 20.6. The van der Waals surface area contributed by atoms with Crippen LogP contribution < -0.4 is 14.8 Å². The number of thioether (sulfide) groups is 1. The quantitative estimate of drug-likeness (QED) is 0.210. The highest BCUT2D eigenvalue weighted by Crippen LogP contribution is 2.41. The molecule has 0 spiro atoms. The maximum atomic E-state index is 6.43. The number of halogens is 1. The Morgan fingerprint density at radius 1 is 1.06 bits per heavy atom. The van der Waals surface area contributed by atoms with Gasteiger partial charge in [-0.25, -0.2) is 0 Å². The van der Waals surface area contributed by atoms with E-state index in [2.05, 4.69) is 43.0 Å². The van der Waals surface area contributed by atoms with E-state index in [0.717, 1.165) is 26.9 Å². The molecule has 0 saturated heterocycles. The van der Waals surface area contributed by atoms with E-state index in [1.165, 1.54) is 11.8 Å². The number of anilines is 1. The summed E-state index contributed by atoms with van der Waals surface area (Å²) >= 11 is 5.05. The topological polar surface area (TPSA) is 69.2 Å². The van der Waals surface area contributed by atoms with Crippen molar-refractivity contribution in [3.05, 3.63) is 101 Å². The maximum absolute atomic E-state index is 6.43. The molecule has 0 radical (unpaired) electrons. The first-order valence-corrected chi connectivity index (χ1v) is 12.5. The molecule has 170 valence electrons. The van der Waals surface area contributed by atoms with E-state index >= 15 is 0 Å². The first-order chi connectivity index (χ1) is 16.7. The minimum Gasteiger partial charge on any atom is -0.488 e. The molecule has 5 rings (SSSR count). The van der Waals surface area contributed by atoms with Gasteiger partial charge in [0.25, 0.3) is 0 Å². The molecule has 3 aromatic carbocycles. The first kappa shape index (κ1) is 22.4. The smallest absolute Gasteiger partial charge is 0.247 e. The molecule has 1 aliphatic heterocycles. The van der Waals surface area contributed by atoms with Crippen LogP contribution in [0.3, 0.4) is 0 Å². The lowest BCUT2D eigenvalue weighted by molar-refractivity contribution is 0.214. The largest absolute Gasteiger partial charge is 0.488 e. The predicted molar refractivity (Wildman–Crippen MR) is 138 cm³/mol. The summed E-state index contributed by atoms with van der Waals surface area (Å²) in [5.74, 6) is 1.81. The van der Waals surface area contributed by atoms with E-state index in [9.17, 15) is 0 Å². The third-order valence-corrected chi connectivity index (χ3v) is 6.48. The van der Waals surface area contributed by atoms with Gasteiger partial charge in [-0.2, -0.15) is 4.98 Å². The number of para-hydroxylation sites is 1. The number of aromatic nitrogens is 3. The number of fused-ring (bicyclic) bond motifs is 3. The third-order valence-electron chi connectivity index (χ3n) is 5.16. The molecule has 1 atom stereocenters. The Bertz CT molecular complexity index is 1320. The van der Waals surface area contributed by atoms with Gasteiger partial charge in [-0.3, -0.25) is 0 Å². The van der Waals surface area contributed by atoms with Gasteiger partial charge in [0.05, 0.1) is 5.56 Å². The number of rotatable bonds is 7. The van der Waals surface area contributed by atoms with Gasteiger partial charge in [0.15, 0.2) is 5.69 Å². The SMILES string of the molecule is C=CCSc1nnc2c(n1)O[C@H](c1cc(Br)ccc1OCc1ccccc1)Nc1ccccc1-2. The van der Waals surface area contributed by atoms with Gasteiger partial charge < -0.3 is 14.8 Å². The van der Waals surface area contributed by atoms with Crippen LogP contribution in [0, 0.1) is 0 Å². The van der Waals surface area contributed by atoms with Gasteiger partial charge in [0.2, 0.25) is 17.3 Å². The Hall–Kier alpha value is -3.36. The fourth-order valence-corrected chi connectivity index (χ4v) is 4.47. The zero-order chi connectivity index (χ0) is 23.3. The lowest BCUT2D eigenvalue weighted by atomic mass is 10.1. The van der Waals surface area contributed by atoms with Gasteiger partial charge in [-0.1, -0.05) is 82.3 Å². The number of benzene rings is 3. The maximum Gasteiger partial charge on any atom is 0.247 e. The molecule has 1 aliphatic rings. The summed E-state index contributed by atoms with van der Waals surface area (Å²) in [6, 6.07) is 23.9. The summed E-state index contributed by atoms with van der Waals surface area (Å²) in [7, 11) is 0. The fraction of sp³-hybridized carbons (Fsp3) is 0.115. The second-order valence-electron chi connectivity index (χ2n) is 7.49. The monoisotopic (exact) mass is 532 g/mol. The van der Waals surface area contributed by atoms with Gasteiger partial charge in [0.1, 0.15) is 12.4 Å². The van der Waals surface area contributed by atoms with E-state index < -0.39 is 6.23 Å². The molecular weight excluding hydrogens is 512 g/mol. The molecule has 0 unspecified atom stereocenters. The molecule has 0 bridgehead atoms. The van der Waals surface area contributed by atoms with Crippen molar-refractivity contribution in [2.24, 2.45) is 0 Å². The van der Waals surface area contributed by atoms with Crippen LogP contribution >= 0.6 is 27.7 Å². The summed E-state index contributed by atoms with van der Waals surface area (Å²) in [6.45, 7) is 4.21. The second kappa shape index (κ2) is 10.3. The van der Waals surface area contributed by atoms with Crippen LogP contribution in [0.2, 0.25) is 0 Å². The molecule has 2 heterocycles. The Morgan fingerprint density at radius 3 is 2.74 bits per heavy atom. The van der Waals surface area contributed by atoms with E-state index in [1.54, 1.807) is 6.08 Å². The molecule has 0 saturated carbocycles. The number of ether oxygens (including phenoxy) is 2. The van der Waals surface area contributed by atoms with Crippen molar-refractivity contribution in [2.75, 3.05) is 11.1 Å². The Kier molecular flexibility index (Phi) is 6.78. The summed E-state index contributed by atoms with van der Waals surface area (Å²) in [5.41, 5.74) is 4.27. The van der Waals surface area contributed by atoms with Crippen LogP contribution in [0.25, 0.3) is 11.3 Å². The van der Waals surface area contributed by atoms with Gasteiger partial charge in [-0.05, 0) is 29.8 Å². The van der Waals surface area contributed by atoms with E-state index in [1.807, 2.05) is 72.8 Å². The summed E-state index contributed by atoms with van der Waals surface area (Å²) in [6.07, 6.45) is 1.25. The second-order valence-corrected chi connectivity index (χ2v) is 9.39. The lowest BCUT2D eigenvalue weighted by Gasteiger charge is -2.22. The minimum atomic E-state index is -0.556.